The van der Waals surface area contributed by atoms with Gasteiger partial charge in [-0.2, -0.15) is 0 Å². The normalized spacial score (nSPS) is 25.6. The van der Waals surface area contributed by atoms with Gasteiger partial charge in [-0.1, -0.05) is 37.3 Å². The minimum Gasteiger partial charge on any atom is -0.335 e. The van der Waals surface area contributed by atoms with Crippen LogP contribution in [0.3, 0.4) is 0 Å². The topological polar surface area (TPSA) is 50.2 Å². The molecule has 2 aliphatic rings. The van der Waals surface area contributed by atoms with Crippen molar-refractivity contribution in [2.45, 2.75) is 50.6 Å². The molecule has 0 bridgehead atoms. The monoisotopic (exact) mass is 338 g/mol. The van der Waals surface area contributed by atoms with Crippen LogP contribution >= 0.6 is 0 Å². The van der Waals surface area contributed by atoms with Crippen molar-refractivity contribution in [1.82, 2.24) is 19.8 Å². The molecular formula is C20H26N4O. The first-order valence-corrected chi connectivity index (χ1v) is 9.38. The standard InChI is InChI=1S/C20H26N4O/c1-2-19-21-10-12-24(19)16-9-6-11-23(14-16)20(25)22-18-13-17(18)15-7-4-3-5-8-15/h3-5,7-8,10,12,16-18H,2,6,9,11,13-14H2,1H3,(H,22,25)/t16-,17-,18+/m0/s1. The minimum atomic E-state index is 0.0892. The number of aryl methyl sites for hydroxylation is 1. The third kappa shape index (κ3) is 3.41. The molecule has 2 amide bonds. The van der Waals surface area contributed by atoms with Crippen molar-refractivity contribution in [2.75, 3.05) is 13.1 Å². The van der Waals surface area contributed by atoms with Gasteiger partial charge in [0, 0.05) is 43.9 Å². The van der Waals surface area contributed by atoms with E-state index < -0.39 is 0 Å². The molecule has 5 heteroatoms. The number of nitrogens with zero attached hydrogens (tertiary/aromatic N) is 3. The van der Waals surface area contributed by atoms with Gasteiger partial charge < -0.3 is 14.8 Å². The summed E-state index contributed by atoms with van der Waals surface area (Å²) in [4.78, 5) is 19.1. The van der Waals surface area contributed by atoms with Crippen LogP contribution in [0.1, 0.15) is 49.5 Å². The molecule has 25 heavy (non-hydrogen) atoms. The zero-order valence-electron chi connectivity index (χ0n) is 14.8. The fourth-order valence-corrected chi connectivity index (χ4v) is 3.99. The molecule has 2 heterocycles. The van der Waals surface area contributed by atoms with E-state index in [0.29, 0.717) is 12.0 Å². The lowest BCUT2D eigenvalue weighted by Crippen LogP contribution is -2.46. The number of urea groups is 1. The lowest BCUT2D eigenvalue weighted by molar-refractivity contribution is 0.165. The molecule has 1 aliphatic carbocycles. The molecule has 2 fully saturated rings. The van der Waals surface area contributed by atoms with Gasteiger partial charge >= 0.3 is 6.03 Å². The summed E-state index contributed by atoms with van der Waals surface area (Å²) in [6, 6.07) is 11.2. The molecule has 0 spiro atoms. The lowest BCUT2D eigenvalue weighted by atomic mass is 10.1. The maximum atomic E-state index is 12.7. The highest BCUT2D eigenvalue weighted by Crippen LogP contribution is 2.40. The fourth-order valence-electron chi connectivity index (χ4n) is 3.99. The van der Waals surface area contributed by atoms with Crippen LogP contribution in [0.2, 0.25) is 0 Å². The molecular weight excluding hydrogens is 312 g/mol. The number of piperidine rings is 1. The van der Waals surface area contributed by atoms with Gasteiger partial charge in [0.15, 0.2) is 0 Å². The lowest BCUT2D eigenvalue weighted by Gasteiger charge is -2.34. The summed E-state index contributed by atoms with van der Waals surface area (Å²) in [5.41, 5.74) is 1.33. The first kappa shape index (κ1) is 16.2. The molecule has 132 valence electrons. The second-order valence-corrected chi connectivity index (χ2v) is 7.16. The predicted octanol–water partition coefficient (Wildman–Crippen LogP) is 3.35. The number of benzene rings is 1. The largest absolute Gasteiger partial charge is 0.335 e. The summed E-state index contributed by atoms with van der Waals surface area (Å²) in [5.74, 6) is 1.59. The smallest absolute Gasteiger partial charge is 0.317 e. The van der Waals surface area contributed by atoms with Gasteiger partial charge in [0.2, 0.25) is 0 Å². The molecule has 1 aromatic heterocycles. The van der Waals surface area contributed by atoms with Crippen molar-refractivity contribution in [3.63, 3.8) is 0 Å². The molecule has 0 radical (unpaired) electrons. The molecule has 1 saturated carbocycles. The first-order valence-electron chi connectivity index (χ1n) is 9.38. The Bertz CT molecular complexity index is 726. The van der Waals surface area contributed by atoms with E-state index in [9.17, 15) is 4.79 Å². The Balaban J connectivity index is 1.35. The second kappa shape index (κ2) is 6.90. The number of hydrogen-bond acceptors (Lipinski definition) is 2. The summed E-state index contributed by atoms with van der Waals surface area (Å²) in [5, 5.41) is 3.23. The molecule has 2 aromatic rings. The average molecular weight is 338 g/mol. The Morgan fingerprint density at radius 3 is 2.96 bits per heavy atom. The van der Waals surface area contributed by atoms with Crippen molar-refractivity contribution in [3.05, 3.63) is 54.1 Å². The van der Waals surface area contributed by atoms with Crippen molar-refractivity contribution in [2.24, 2.45) is 0 Å². The highest BCUT2D eigenvalue weighted by atomic mass is 16.2. The van der Waals surface area contributed by atoms with E-state index in [4.69, 9.17) is 0 Å². The van der Waals surface area contributed by atoms with Crippen LogP contribution in [0.5, 0.6) is 0 Å². The van der Waals surface area contributed by atoms with Crippen LogP contribution in [-0.2, 0) is 6.42 Å². The molecule has 1 aromatic carbocycles. The highest BCUT2D eigenvalue weighted by Gasteiger charge is 2.40. The van der Waals surface area contributed by atoms with Crippen LogP contribution < -0.4 is 5.32 Å². The van der Waals surface area contributed by atoms with Gasteiger partial charge in [-0.15, -0.1) is 0 Å². The van der Waals surface area contributed by atoms with E-state index >= 15 is 0 Å². The predicted molar refractivity (Wildman–Crippen MR) is 97.6 cm³/mol. The van der Waals surface area contributed by atoms with Crippen LogP contribution in [0, 0.1) is 0 Å². The minimum absolute atomic E-state index is 0.0892. The number of imidazole rings is 1. The van der Waals surface area contributed by atoms with Crippen LogP contribution in [0.15, 0.2) is 42.7 Å². The Kier molecular flexibility index (Phi) is 4.47. The molecule has 0 unspecified atom stereocenters. The number of hydrogen-bond donors (Lipinski definition) is 1. The van der Waals surface area contributed by atoms with Crippen LogP contribution in [0.4, 0.5) is 4.79 Å². The zero-order chi connectivity index (χ0) is 17.2. The van der Waals surface area contributed by atoms with Gasteiger partial charge in [-0.05, 0) is 24.8 Å². The average Bonchev–Trinajstić information content (AvgIpc) is 3.26. The third-order valence-corrected chi connectivity index (χ3v) is 5.47. The van der Waals surface area contributed by atoms with Crippen molar-refractivity contribution >= 4 is 6.03 Å². The summed E-state index contributed by atoms with van der Waals surface area (Å²) >= 11 is 0. The Morgan fingerprint density at radius 1 is 1.32 bits per heavy atom. The Morgan fingerprint density at radius 2 is 2.16 bits per heavy atom. The summed E-state index contributed by atoms with van der Waals surface area (Å²) in [7, 11) is 0. The van der Waals surface area contributed by atoms with E-state index in [0.717, 1.165) is 44.6 Å². The SMILES string of the molecule is CCc1nccn1[C@H]1CCCN(C(=O)N[C@@H]2C[C@H]2c2ccccc2)C1. The van der Waals surface area contributed by atoms with Gasteiger partial charge in [-0.3, -0.25) is 0 Å². The quantitative estimate of drug-likeness (QED) is 0.929. The van der Waals surface area contributed by atoms with Gasteiger partial charge in [0.1, 0.15) is 5.82 Å². The van der Waals surface area contributed by atoms with Crippen LogP contribution in [0.25, 0.3) is 0 Å². The molecule has 4 rings (SSSR count). The van der Waals surface area contributed by atoms with Crippen molar-refractivity contribution in [1.29, 1.82) is 0 Å². The number of carbonyl (C=O) groups excluding carboxylic acids is 1. The van der Waals surface area contributed by atoms with Crippen molar-refractivity contribution in [3.8, 4) is 0 Å². The summed E-state index contributed by atoms with van der Waals surface area (Å²) < 4.78 is 2.25. The molecule has 1 saturated heterocycles. The molecule has 1 N–H and O–H groups in total. The van der Waals surface area contributed by atoms with Gasteiger partial charge in [-0.25, -0.2) is 9.78 Å². The molecule has 1 aliphatic heterocycles. The van der Waals surface area contributed by atoms with E-state index in [-0.39, 0.29) is 12.1 Å². The van der Waals surface area contributed by atoms with E-state index in [1.54, 1.807) is 0 Å². The Hall–Kier alpha value is -2.30. The van der Waals surface area contributed by atoms with E-state index in [1.165, 1.54) is 5.56 Å². The maximum absolute atomic E-state index is 12.7. The second-order valence-electron chi connectivity index (χ2n) is 7.16. The highest BCUT2D eigenvalue weighted by molar-refractivity contribution is 5.75. The Labute approximate surface area is 149 Å². The van der Waals surface area contributed by atoms with E-state index in [2.05, 4.69) is 52.3 Å². The van der Waals surface area contributed by atoms with E-state index in [1.807, 2.05) is 17.2 Å². The first-order chi connectivity index (χ1) is 12.3. The van der Waals surface area contributed by atoms with Gasteiger partial charge in [0.05, 0.1) is 6.04 Å². The number of rotatable bonds is 4. The number of likely N-dealkylation sites (tertiary alicyclic amines) is 1. The summed E-state index contributed by atoms with van der Waals surface area (Å²) in [6.07, 6.45) is 8.06. The molecule has 5 nitrogen and oxygen atoms in total. The van der Waals surface area contributed by atoms with Gasteiger partial charge in [0.25, 0.3) is 0 Å². The number of aromatic nitrogens is 2. The van der Waals surface area contributed by atoms with Crippen molar-refractivity contribution < 1.29 is 4.79 Å². The maximum Gasteiger partial charge on any atom is 0.317 e. The number of carbonyl (C=O) groups is 1. The van der Waals surface area contributed by atoms with Crippen LogP contribution in [-0.4, -0.2) is 39.6 Å². The molecule has 3 atom stereocenters. The zero-order valence-corrected chi connectivity index (χ0v) is 14.8. The fraction of sp³-hybridized carbons (Fsp3) is 0.500. The summed E-state index contributed by atoms with van der Waals surface area (Å²) in [6.45, 7) is 3.75. The number of amides is 2. The number of nitrogens with one attached hydrogen (secondary N) is 1. The third-order valence-electron chi connectivity index (χ3n) is 5.47.